The third kappa shape index (κ3) is 3.83. The third-order valence-electron chi connectivity index (χ3n) is 4.55. The van der Waals surface area contributed by atoms with Crippen LogP contribution < -0.4 is 24.3 Å². The predicted molar refractivity (Wildman–Crippen MR) is 106 cm³/mol. The number of benzene rings is 2. The molecule has 3 rings (SSSR count). The fourth-order valence-electron chi connectivity index (χ4n) is 3.14. The van der Waals surface area contributed by atoms with Crippen molar-refractivity contribution in [2.75, 3.05) is 28.4 Å². The van der Waals surface area contributed by atoms with Crippen molar-refractivity contribution in [1.82, 2.24) is 10.3 Å². The number of amides is 1. The van der Waals surface area contributed by atoms with Crippen LogP contribution in [0.5, 0.6) is 23.0 Å². The molecule has 0 spiro atoms. The topological polar surface area (TPSA) is 81.8 Å². The van der Waals surface area contributed by atoms with Gasteiger partial charge in [0.2, 0.25) is 11.7 Å². The molecular weight excluding hydrogens is 360 g/mol. The zero-order valence-electron chi connectivity index (χ0n) is 16.4. The molecule has 0 bridgehead atoms. The zero-order valence-corrected chi connectivity index (χ0v) is 16.4. The number of hydrogen-bond acceptors (Lipinski definition) is 5. The van der Waals surface area contributed by atoms with E-state index in [4.69, 9.17) is 18.9 Å². The molecule has 7 heteroatoms. The number of H-pyrrole nitrogens is 1. The molecule has 0 saturated carbocycles. The number of hydrogen-bond donors (Lipinski definition) is 2. The minimum atomic E-state index is -0.0893. The van der Waals surface area contributed by atoms with Gasteiger partial charge >= 0.3 is 0 Å². The molecule has 0 aliphatic rings. The minimum Gasteiger partial charge on any atom is -0.497 e. The molecule has 0 aliphatic carbocycles. The van der Waals surface area contributed by atoms with Crippen molar-refractivity contribution in [2.45, 2.75) is 13.0 Å². The molecule has 2 aromatic carbocycles. The molecule has 1 amide bonds. The first-order valence-corrected chi connectivity index (χ1v) is 8.79. The van der Waals surface area contributed by atoms with E-state index in [9.17, 15) is 4.79 Å². The van der Waals surface area contributed by atoms with Gasteiger partial charge in [0.05, 0.1) is 40.4 Å². The Balaban J connectivity index is 1.78. The van der Waals surface area contributed by atoms with Crippen LogP contribution in [0.2, 0.25) is 0 Å². The van der Waals surface area contributed by atoms with Crippen LogP contribution in [-0.2, 0) is 17.8 Å². The van der Waals surface area contributed by atoms with Gasteiger partial charge in [-0.3, -0.25) is 4.79 Å². The van der Waals surface area contributed by atoms with E-state index >= 15 is 0 Å². The molecule has 0 fully saturated rings. The second-order valence-corrected chi connectivity index (χ2v) is 6.18. The first-order chi connectivity index (χ1) is 13.6. The Hall–Kier alpha value is -3.35. The number of aromatic amines is 1. The second-order valence-electron chi connectivity index (χ2n) is 6.18. The zero-order chi connectivity index (χ0) is 20.1. The lowest BCUT2D eigenvalue weighted by Crippen LogP contribution is -2.24. The monoisotopic (exact) mass is 384 g/mol. The molecule has 0 aliphatic heterocycles. The summed E-state index contributed by atoms with van der Waals surface area (Å²) in [7, 11) is 6.31. The average molecular weight is 384 g/mol. The lowest BCUT2D eigenvalue weighted by molar-refractivity contribution is -0.120. The van der Waals surface area contributed by atoms with Crippen molar-refractivity contribution in [1.29, 1.82) is 0 Å². The number of carbonyl (C=O) groups excluding carboxylic acids is 1. The van der Waals surface area contributed by atoms with Crippen LogP contribution in [0, 0.1) is 0 Å². The molecule has 0 saturated heterocycles. The summed E-state index contributed by atoms with van der Waals surface area (Å²) in [6.45, 7) is 0.444. The van der Waals surface area contributed by atoms with E-state index in [2.05, 4.69) is 10.3 Å². The summed E-state index contributed by atoms with van der Waals surface area (Å²) in [6, 6.07) is 9.41. The summed E-state index contributed by atoms with van der Waals surface area (Å²) in [5.74, 6) is 2.29. The molecule has 3 aromatic rings. The number of rotatable bonds is 8. The van der Waals surface area contributed by atoms with E-state index in [-0.39, 0.29) is 12.3 Å². The highest BCUT2D eigenvalue weighted by Crippen LogP contribution is 2.44. The van der Waals surface area contributed by atoms with E-state index in [0.29, 0.717) is 23.8 Å². The lowest BCUT2D eigenvalue weighted by Gasteiger charge is -2.14. The van der Waals surface area contributed by atoms with Gasteiger partial charge in [0.15, 0.2) is 11.5 Å². The van der Waals surface area contributed by atoms with Crippen molar-refractivity contribution in [2.24, 2.45) is 0 Å². The van der Waals surface area contributed by atoms with Gasteiger partial charge in [-0.2, -0.15) is 0 Å². The first-order valence-electron chi connectivity index (χ1n) is 8.79. The smallest absolute Gasteiger partial charge is 0.224 e. The van der Waals surface area contributed by atoms with Crippen LogP contribution in [0.25, 0.3) is 10.9 Å². The molecule has 148 valence electrons. The van der Waals surface area contributed by atoms with Crippen molar-refractivity contribution in [3.05, 3.63) is 47.7 Å². The minimum absolute atomic E-state index is 0.0893. The first kappa shape index (κ1) is 19.4. The normalized spacial score (nSPS) is 10.6. The van der Waals surface area contributed by atoms with Crippen LogP contribution in [0.15, 0.2) is 36.5 Å². The van der Waals surface area contributed by atoms with Crippen molar-refractivity contribution < 1.29 is 23.7 Å². The van der Waals surface area contributed by atoms with Crippen LogP contribution in [0.3, 0.4) is 0 Å². The number of carbonyl (C=O) groups is 1. The molecule has 7 nitrogen and oxygen atoms in total. The second kappa shape index (κ2) is 8.56. The van der Waals surface area contributed by atoms with E-state index in [1.165, 1.54) is 0 Å². The number of nitrogens with one attached hydrogen (secondary N) is 2. The largest absolute Gasteiger partial charge is 0.497 e. The van der Waals surface area contributed by atoms with Crippen LogP contribution in [-0.4, -0.2) is 39.3 Å². The van der Waals surface area contributed by atoms with Gasteiger partial charge in [0, 0.05) is 24.2 Å². The number of aromatic nitrogens is 1. The standard InChI is InChI=1S/C21H24N2O5/c1-25-15-7-5-13(6-8-15)11-23-18(24)9-14-12-22-16-10-17(26-2)20(27-3)21(28-4)19(14)16/h5-8,10,12,22H,9,11H2,1-4H3,(H,23,24). The number of fused-ring (bicyclic) bond motifs is 1. The number of ether oxygens (including phenoxy) is 4. The Morgan fingerprint density at radius 2 is 1.68 bits per heavy atom. The SMILES string of the molecule is COc1ccc(CNC(=O)Cc2c[nH]c3cc(OC)c(OC)c(OC)c23)cc1. The fourth-order valence-corrected chi connectivity index (χ4v) is 3.14. The average Bonchev–Trinajstić information content (AvgIpc) is 3.13. The van der Waals surface area contributed by atoms with Gasteiger partial charge in [0.25, 0.3) is 0 Å². The summed E-state index contributed by atoms with van der Waals surface area (Å²) in [6.07, 6.45) is 2.01. The Labute approximate surface area is 163 Å². The summed E-state index contributed by atoms with van der Waals surface area (Å²) >= 11 is 0. The van der Waals surface area contributed by atoms with Crippen molar-refractivity contribution in [3.8, 4) is 23.0 Å². The van der Waals surface area contributed by atoms with Crippen molar-refractivity contribution in [3.63, 3.8) is 0 Å². The highest BCUT2D eigenvalue weighted by Gasteiger charge is 2.20. The van der Waals surface area contributed by atoms with Crippen LogP contribution in [0.1, 0.15) is 11.1 Å². The third-order valence-corrected chi connectivity index (χ3v) is 4.55. The number of methoxy groups -OCH3 is 4. The molecule has 1 heterocycles. The Kier molecular flexibility index (Phi) is 5.93. The van der Waals surface area contributed by atoms with Gasteiger partial charge in [-0.25, -0.2) is 0 Å². The van der Waals surface area contributed by atoms with Gasteiger partial charge in [-0.05, 0) is 23.3 Å². The van der Waals surface area contributed by atoms with Crippen LogP contribution in [0.4, 0.5) is 0 Å². The predicted octanol–water partition coefficient (Wildman–Crippen LogP) is 3.06. The van der Waals surface area contributed by atoms with Gasteiger partial charge in [-0.15, -0.1) is 0 Å². The maximum atomic E-state index is 12.5. The maximum Gasteiger partial charge on any atom is 0.224 e. The van der Waals surface area contributed by atoms with Crippen LogP contribution >= 0.6 is 0 Å². The van der Waals surface area contributed by atoms with E-state index < -0.39 is 0 Å². The lowest BCUT2D eigenvalue weighted by atomic mass is 10.1. The highest BCUT2D eigenvalue weighted by atomic mass is 16.5. The Bertz CT molecular complexity index is 963. The van der Waals surface area contributed by atoms with Crippen molar-refractivity contribution >= 4 is 16.8 Å². The summed E-state index contributed by atoms with van der Waals surface area (Å²) in [4.78, 5) is 15.7. The molecule has 28 heavy (non-hydrogen) atoms. The summed E-state index contributed by atoms with van der Waals surface area (Å²) < 4.78 is 21.5. The van der Waals surface area contributed by atoms with Gasteiger partial charge < -0.3 is 29.2 Å². The molecule has 0 radical (unpaired) electrons. The molecular formula is C21H24N2O5. The molecule has 2 N–H and O–H groups in total. The van der Waals surface area contributed by atoms with Gasteiger partial charge in [-0.1, -0.05) is 12.1 Å². The Morgan fingerprint density at radius 1 is 0.964 bits per heavy atom. The molecule has 1 aromatic heterocycles. The Morgan fingerprint density at radius 3 is 2.29 bits per heavy atom. The molecule has 0 unspecified atom stereocenters. The summed E-state index contributed by atoms with van der Waals surface area (Å²) in [5.41, 5.74) is 2.63. The van der Waals surface area contributed by atoms with Gasteiger partial charge in [0.1, 0.15) is 5.75 Å². The summed E-state index contributed by atoms with van der Waals surface area (Å²) in [5, 5.41) is 3.74. The fraction of sp³-hybridized carbons (Fsp3) is 0.286. The van der Waals surface area contributed by atoms with E-state index in [0.717, 1.165) is 27.8 Å². The highest BCUT2D eigenvalue weighted by molar-refractivity contribution is 5.96. The van der Waals surface area contributed by atoms with E-state index in [1.807, 2.05) is 30.3 Å². The quantitative estimate of drug-likeness (QED) is 0.624. The van der Waals surface area contributed by atoms with E-state index in [1.54, 1.807) is 34.6 Å². The maximum absolute atomic E-state index is 12.5. The molecule has 0 atom stereocenters.